The second kappa shape index (κ2) is 9.20. The molecule has 1 aliphatic heterocycles. The van der Waals surface area contributed by atoms with E-state index in [2.05, 4.69) is 25.9 Å². The molecule has 162 valence electrons. The van der Waals surface area contributed by atoms with Gasteiger partial charge in [0.2, 0.25) is 5.78 Å². The Labute approximate surface area is 185 Å². The SMILES string of the molecule is CC(Oc1ncc(C(=O)c2ccc(Br)cc2)[nH]1)C1CCN(C(=O)OC(C)(C)C)CC1. The number of rotatable bonds is 5. The second-order valence-electron chi connectivity index (χ2n) is 8.57. The number of carbonyl (C=O) groups is 2. The number of hydrogen-bond donors (Lipinski definition) is 1. The van der Waals surface area contributed by atoms with E-state index in [0.29, 0.717) is 36.3 Å². The minimum absolute atomic E-state index is 0.0902. The number of benzene rings is 1. The van der Waals surface area contributed by atoms with Crippen LogP contribution in [0.1, 0.15) is 56.6 Å². The molecule has 1 amide bonds. The Balaban J connectivity index is 1.52. The maximum atomic E-state index is 12.6. The largest absolute Gasteiger partial charge is 0.461 e. The van der Waals surface area contributed by atoms with Crippen LogP contribution in [-0.2, 0) is 4.74 Å². The van der Waals surface area contributed by atoms with E-state index in [-0.39, 0.29) is 18.0 Å². The van der Waals surface area contributed by atoms with E-state index in [0.717, 1.165) is 17.3 Å². The number of piperidine rings is 1. The van der Waals surface area contributed by atoms with Crippen LogP contribution < -0.4 is 4.74 Å². The molecule has 0 saturated carbocycles. The first-order valence-electron chi connectivity index (χ1n) is 10.1. The summed E-state index contributed by atoms with van der Waals surface area (Å²) < 4.78 is 12.3. The summed E-state index contributed by atoms with van der Waals surface area (Å²) >= 11 is 3.36. The molecular formula is C22H28BrN3O4. The second-order valence-corrected chi connectivity index (χ2v) is 9.48. The molecule has 1 unspecified atom stereocenters. The first-order valence-corrected chi connectivity index (χ1v) is 10.9. The van der Waals surface area contributed by atoms with Gasteiger partial charge >= 0.3 is 6.09 Å². The Morgan fingerprint density at radius 2 is 1.83 bits per heavy atom. The van der Waals surface area contributed by atoms with Gasteiger partial charge in [0.15, 0.2) is 0 Å². The fourth-order valence-electron chi connectivity index (χ4n) is 3.39. The van der Waals surface area contributed by atoms with E-state index in [1.54, 1.807) is 17.0 Å². The summed E-state index contributed by atoms with van der Waals surface area (Å²) in [5.74, 6) is 0.155. The van der Waals surface area contributed by atoms with Gasteiger partial charge in [0.25, 0.3) is 6.01 Å². The van der Waals surface area contributed by atoms with Gasteiger partial charge in [0, 0.05) is 23.1 Å². The molecule has 1 atom stereocenters. The van der Waals surface area contributed by atoms with Crippen LogP contribution in [0.3, 0.4) is 0 Å². The van der Waals surface area contributed by atoms with Crippen molar-refractivity contribution in [3.05, 3.63) is 46.2 Å². The van der Waals surface area contributed by atoms with E-state index >= 15 is 0 Å². The molecule has 1 aliphatic rings. The number of aromatic nitrogens is 2. The van der Waals surface area contributed by atoms with Crippen LogP contribution in [0.25, 0.3) is 0 Å². The number of nitrogens with one attached hydrogen (secondary N) is 1. The molecule has 1 aromatic carbocycles. The highest BCUT2D eigenvalue weighted by Gasteiger charge is 2.30. The topological polar surface area (TPSA) is 84.5 Å². The van der Waals surface area contributed by atoms with Crippen molar-refractivity contribution in [2.24, 2.45) is 5.92 Å². The van der Waals surface area contributed by atoms with Gasteiger partial charge in [-0.2, -0.15) is 0 Å². The molecule has 0 radical (unpaired) electrons. The Bertz CT molecular complexity index is 881. The number of carbonyl (C=O) groups excluding carboxylic acids is 2. The Morgan fingerprint density at radius 1 is 1.20 bits per heavy atom. The molecule has 0 aliphatic carbocycles. The number of H-pyrrole nitrogens is 1. The predicted octanol–water partition coefficient (Wildman–Crippen LogP) is 4.82. The average molecular weight is 478 g/mol. The molecular weight excluding hydrogens is 450 g/mol. The monoisotopic (exact) mass is 477 g/mol. The van der Waals surface area contributed by atoms with Crippen molar-refractivity contribution in [1.29, 1.82) is 0 Å². The minimum Gasteiger partial charge on any atom is -0.461 e. The van der Waals surface area contributed by atoms with E-state index in [1.807, 2.05) is 39.8 Å². The first kappa shape index (κ1) is 22.3. The molecule has 0 spiro atoms. The highest BCUT2D eigenvalue weighted by atomic mass is 79.9. The van der Waals surface area contributed by atoms with Crippen LogP contribution in [-0.4, -0.2) is 51.5 Å². The van der Waals surface area contributed by atoms with Gasteiger partial charge < -0.3 is 19.4 Å². The third kappa shape index (κ3) is 5.84. The first-order chi connectivity index (χ1) is 14.1. The quantitative estimate of drug-likeness (QED) is 0.624. The molecule has 30 heavy (non-hydrogen) atoms. The normalized spacial score (nSPS) is 16.2. The number of amides is 1. The van der Waals surface area contributed by atoms with E-state index in [9.17, 15) is 9.59 Å². The molecule has 8 heteroatoms. The van der Waals surface area contributed by atoms with Crippen molar-refractivity contribution >= 4 is 27.8 Å². The molecule has 1 fully saturated rings. The van der Waals surface area contributed by atoms with Crippen molar-refractivity contribution < 1.29 is 19.1 Å². The third-order valence-corrected chi connectivity index (χ3v) is 5.58. The summed E-state index contributed by atoms with van der Waals surface area (Å²) in [6.45, 7) is 8.87. The van der Waals surface area contributed by atoms with Crippen LogP contribution in [0.15, 0.2) is 34.9 Å². The van der Waals surface area contributed by atoms with Crippen LogP contribution >= 0.6 is 15.9 Å². The lowest BCUT2D eigenvalue weighted by molar-refractivity contribution is 0.0115. The van der Waals surface area contributed by atoms with Gasteiger partial charge in [-0.05, 0) is 70.7 Å². The Kier molecular flexibility index (Phi) is 6.85. The van der Waals surface area contributed by atoms with Gasteiger partial charge in [0.05, 0.1) is 6.20 Å². The van der Waals surface area contributed by atoms with Crippen molar-refractivity contribution in [3.63, 3.8) is 0 Å². The zero-order valence-corrected chi connectivity index (χ0v) is 19.4. The summed E-state index contributed by atoms with van der Waals surface area (Å²) in [5, 5.41) is 0. The fourth-order valence-corrected chi connectivity index (χ4v) is 3.65. The van der Waals surface area contributed by atoms with E-state index < -0.39 is 5.60 Å². The molecule has 7 nitrogen and oxygen atoms in total. The molecule has 2 aromatic rings. The molecule has 1 saturated heterocycles. The highest BCUT2D eigenvalue weighted by Crippen LogP contribution is 2.25. The number of ether oxygens (including phenoxy) is 2. The van der Waals surface area contributed by atoms with E-state index in [1.165, 1.54) is 6.20 Å². The van der Waals surface area contributed by atoms with Crippen LogP contribution in [0.5, 0.6) is 6.01 Å². The molecule has 1 aromatic heterocycles. The van der Waals surface area contributed by atoms with Crippen LogP contribution in [0.2, 0.25) is 0 Å². The Morgan fingerprint density at radius 3 is 2.43 bits per heavy atom. The maximum absolute atomic E-state index is 12.6. The van der Waals surface area contributed by atoms with Crippen LogP contribution in [0, 0.1) is 5.92 Å². The number of nitrogens with zero attached hydrogens (tertiary/aromatic N) is 2. The zero-order valence-electron chi connectivity index (χ0n) is 17.8. The Hall–Kier alpha value is -2.35. The van der Waals surface area contributed by atoms with Crippen molar-refractivity contribution in [1.82, 2.24) is 14.9 Å². The zero-order chi connectivity index (χ0) is 21.9. The minimum atomic E-state index is -0.491. The van der Waals surface area contributed by atoms with Crippen LogP contribution in [0.4, 0.5) is 4.79 Å². The van der Waals surface area contributed by atoms with Gasteiger partial charge in [-0.25, -0.2) is 9.78 Å². The molecule has 3 rings (SSSR count). The number of likely N-dealkylation sites (tertiary alicyclic amines) is 1. The van der Waals surface area contributed by atoms with Gasteiger partial charge in [-0.1, -0.05) is 15.9 Å². The van der Waals surface area contributed by atoms with Gasteiger partial charge in [-0.3, -0.25) is 4.79 Å². The van der Waals surface area contributed by atoms with Gasteiger partial charge in [0.1, 0.15) is 17.4 Å². The summed E-state index contributed by atoms with van der Waals surface area (Å²) in [6, 6.07) is 7.50. The molecule has 1 N–H and O–H groups in total. The lowest BCUT2D eigenvalue weighted by Gasteiger charge is -2.35. The summed E-state index contributed by atoms with van der Waals surface area (Å²) in [4.78, 5) is 33.7. The van der Waals surface area contributed by atoms with Gasteiger partial charge in [-0.15, -0.1) is 0 Å². The number of aromatic amines is 1. The lowest BCUT2D eigenvalue weighted by Crippen LogP contribution is -2.44. The van der Waals surface area contributed by atoms with Crippen molar-refractivity contribution in [3.8, 4) is 6.01 Å². The van der Waals surface area contributed by atoms with E-state index in [4.69, 9.17) is 9.47 Å². The third-order valence-electron chi connectivity index (χ3n) is 5.06. The number of halogens is 1. The maximum Gasteiger partial charge on any atom is 0.410 e. The molecule has 0 bridgehead atoms. The summed E-state index contributed by atoms with van der Waals surface area (Å²) in [7, 11) is 0. The van der Waals surface area contributed by atoms with Crippen molar-refractivity contribution in [2.75, 3.05) is 13.1 Å². The number of imidazole rings is 1. The summed E-state index contributed by atoms with van der Waals surface area (Å²) in [5.41, 5.74) is 0.477. The lowest BCUT2D eigenvalue weighted by atomic mass is 9.92. The number of hydrogen-bond acceptors (Lipinski definition) is 5. The fraction of sp³-hybridized carbons (Fsp3) is 0.500. The standard InChI is InChI=1S/C22H28BrN3O4/c1-14(15-9-11-26(12-10-15)21(28)30-22(2,3)4)29-20-24-13-18(25-20)19(27)16-5-7-17(23)8-6-16/h5-8,13-15H,9-12H2,1-4H3,(H,24,25). The van der Waals surface area contributed by atoms with Crippen molar-refractivity contribution in [2.45, 2.75) is 52.2 Å². The summed E-state index contributed by atoms with van der Waals surface area (Å²) in [6.07, 6.45) is 2.79. The number of ketones is 1. The predicted molar refractivity (Wildman–Crippen MR) is 117 cm³/mol. The highest BCUT2D eigenvalue weighted by molar-refractivity contribution is 9.10. The molecule has 2 heterocycles. The average Bonchev–Trinajstić information content (AvgIpc) is 3.15. The smallest absolute Gasteiger partial charge is 0.410 e.